The first-order valence-corrected chi connectivity index (χ1v) is 6.38. The van der Waals surface area contributed by atoms with Crippen LogP contribution in [0, 0.1) is 0 Å². The lowest BCUT2D eigenvalue weighted by atomic mass is 9.76. The highest BCUT2D eigenvalue weighted by Gasteiger charge is 2.41. The van der Waals surface area contributed by atoms with Crippen molar-refractivity contribution >= 4 is 27.1 Å². The third-order valence-corrected chi connectivity index (χ3v) is 4.62. The number of nitrogens with zero attached hydrogens (tertiary/aromatic N) is 1. The molecule has 3 nitrogen and oxygen atoms in total. The van der Waals surface area contributed by atoms with Crippen LogP contribution in [0.25, 0.3) is 15.8 Å². The molecule has 4 rings (SSSR count). The molecule has 2 aromatic rings. The van der Waals surface area contributed by atoms with E-state index in [1.165, 1.54) is 4.70 Å². The van der Waals surface area contributed by atoms with Gasteiger partial charge in [0, 0.05) is 16.8 Å². The minimum atomic E-state index is -0.481. The van der Waals surface area contributed by atoms with Gasteiger partial charge in [-0.05, 0) is 18.6 Å². The minimum absolute atomic E-state index is 0.481. The van der Waals surface area contributed by atoms with E-state index in [0.717, 1.165) is 33.8 Å². The number of rotatable bonds is 0. The zero-order chi connectivity index (χ0) is 11.6. The van der Waals surface area contributed by atoms with Gasteiger partial charge in [-0.3, -0.25) is 0 Å². The first kappa shape index (κ1) is 9.39. The molecule has 2 heterocycles. The second kappa shape index (κ2) is 2.78. The Kier molecular flexibility index (Phi) is 1.53. The Balaban J connectivity index is 2.23. The van der Waals surface area contributed by atoms with Crippen molar-refractivity contribution in [2.75, 3.05) is 0 Å². The van der Waals surface area contributed by atoms with Crippen LogP contribution in [-0.2, 0) is 5.54 Å². The summed E-state index contributed by atoms with van der Waals surface area (Å²) < 4.78 is 1.19. The molecule has 17 heavy (non-hydrogen) atoms. The van der Waals surface area contributed by atoms with Crippen molar-refractivity contribution in [1.82, 2.24) is 4.98 Å². The van der Waals surface area contributed by atoms with Gasteiger partial charge in [0.1, 0.15) is 5.01 Å². The third-order valence-electron chi connectivity index (χ3n) is 3.59. The van der Waals surface area contributed by atoms with Gasteiger partial charge in [0.2, 0.25) is 0 Å². The number of para-hydroxylation sites is 1. The van der Waals surface area contributed by atoms with Gasteiger partial charge < -0.3 is 11.5 Å². The predicted molar refractivity (Wildman–Crippen MR) is 70.3 cm³/mol. The van der Waals surface area contributed by atoms with E-state index in [4.69, 9.17) is 11.5 Å². The van der Waals surface area contributed by atoms with E-state index < -0.39 is 5.54 Å². The number of nitrogens with two attached hydrogens (primary N) is 2. The molecule has 4 N–H and O–H groups in total. The second-order valence-electron chi connectivity index (χ2n) is 4.58. The van der Waals surface area contributed by atoms with Crippen molar-refractivity contribution in [3.8, 4) is 0 Å². The molecule has 0 fully saturated rings. The summed E-state index contributed by atoms with van der Waals surface area (Å²) in [6.45, 7) is 0. The van der Waals surface area contributed by atoms with E-state index >= 15 is 0 Å². The summed E-state index contributed by atoms with van der Waals surface area (Å²) in [6.07, 6.45) is 4.78. The average Bonchev–Trinajstić information content (AvgIpc) is 2.69. The first-order valence-electron chi connectivity index (χ1n) is 5.56. The third kappa shape index (κ3) is 0.976. The Labute approximate surface area is 102 Å². The van der Waals surface area contributed by atoms with Gasteiger partial charge >= 0.3 is 0 Å². The molecule has 0 saturated heterocycles. The van der Waals surface area contributed by atoms with Crippen LogP contribution >= 0.6 is 11.3 Å². The zero-order valence-electron chi connectivity index (χ0n) is 9.10. The van der Waals surface area contributed by atoms with E-state index in [9.17, 15) is 0 Å². The van der Waals surface area contributed by atoms with Gasteiger partial charge in [0.15, 0.2) is 0 Å². The van der Waals surface area contributed by atoms with Gasteiger partial charge in [-0.25, -0.2) is 4.98 Å². The molecule has 1 atom stereocenters. The molecule has 1 aromatic heterocycles. The van der Waals surface area contributed by atoms with Gasteiger partial charge in [-0.15, -0.1) is 11.3 Å². The van der Waals surface area contributed by atoms with Crippen LogP contribution < -0.4 is 11.5 Å². The smallest absolute Gasteiger partial charge is 0.124 e. The maximum absolute atomic E-state index is 6.61. The number of benzene rings is 1. The molecule has 4 heteroatoms. The fraction of sp³-hybridized carbons (Fsp3) is 0.154. The Morgan fingerprint density at radius 2 is 2.24 bits per heavy atom. The van der Waals surface area contributed by atoms with E-state index in [1.807, 2.05) is 18.2 Å². The van der Waals surface area contributed by atoms with E-state index in [-0.39, 0.29) is 0 Å². The summed E-state index contributed by atoms with van der Waals surface area (Å²) in [5.41, 5.74) is 16.1. The van der Waals surface area contributed by atoms with E-state index in [1.54, 1.807) is 11.3 Å². The number of hydrogen-bond donors (Lipinski definition) is 2. The highest BCUT2D eigenvalue weighted by Crippen LogP contribution is 2.49. The van der Waals surface area contributed by atoms with E-state index in [0.29, 0.717) is 0 Å². The normalized spacial score (nSPS) is 25.7. The first-order chi connectivity index (χ1) is 8.20. The second-order valence-corrected chi connectivity index (χ2v) is 5.61. The summed E-state index contributed by atoms with van der Waals surface area (Å²) in [6, 6.07) is 6.20. The Hall–Kier alpha value is -1.65. The lowest BCUT2D eigenvalue weighted by Crippen LogP contribution is -2.41. The topological polar surface area (TPSA) is 64.9 Å². The molecular formula is C13H11N3S. The number of fused-ring (bicyclic) bond motifs is 4. The molecule has 0 saturated carbocycles. The lowest BCUT2D eigenvalue weighted by Gasteiger charge is -2.35. The van der Waals surface area contributed by atoms with Crippen LogP contribution in [0.3, 0.4) is 0 Å². The van der Waals surface area contributed by atoms with Crippen molar-refractivity contribution in [3.05, 3.63) is 46.6 Å². The molecule has 0 amide bonds. The number of aromatic nitrogens is 1. The number of hydrogen-bond acceptors (Lipinski definition) is 4. The summed E-state index contributed by atoms with van der Waals surface area (Å²) in [7, 11) is 0. The summed E-state index contributed by atoms with van der Waals surface area (Å²) in [5.74, 6) is 0. The van der Waals surface area contributed by atoms with Crippen molar-refractivity contribution in [2.45, 2.75) is 12.0 Å². The highest BCUT2D eigenvalue weighted by molar-refractivity contribution is 7.19. The molecule has 2 bridgehead atoms. The monoisotopic (exact) mass is 241 g/mol. The predicted octanol–water partition coefficient (Wildman–Crippen LogP) is 2.09. The van der Waals surface area contributed by atoms with Crippen molar-refractivity contribution in [3.63, 3.8) is 0 Å². The molecule has 84 valence electrons. The largest absolute Gasteiger partial charge is 0.398 e. The SMILES string of the molecule is NC1=C2c3nc4c(cccc4s3)C2(N)CC=C1. The number of allylic oxidation sites excluding steroid dienone is 1. The molecule has 1 aromatic carbocycles. The fourth-order valence-electron chi connectivity index (χ4n) is 2.79. The van der Waals surface area contributed by atoms with E-state index in [2.05, 4.69) is 17.1 Å². The van der Waals surface area contributed by atoms with Crippen molar-refractivity contribution in [2.24, 2.45) is 11.5 Å². The fourth-order valence-corrected chi connectivity index (χ4v) is 3.94. The molecular weight excluding hydrogens is 230 g/mol. The van der Waals surface area contributed by atoms with Gasteiger partial charge in [-0.1, -0.05) is 18.2 Å². The van der Waals surface area contributed by atoms with Gasteiger partial charge in [0.05, 0.1) is 15.8 Å². The number of thiazole rings is 1. The van der Waals surface area contributed by atoms with Gasteiger partial charge in [-0.2, -0.15) is 0 Å². The molecule has 2 aliphatic rings. The summed E-state index contributed by atoms with van der Waals surface area (Å²) in [4.78, 5) is 4.65. The maximum Gasteiger partial charge on any atom is 0.124 e. The average molecular weight is 241 g/mol. The molecule has 1 unspecified atom stereocenters. The molecule has 0 spiro atoms. The quantitative estimate of drug-likeness (QED) is 0.742. The minimum Gasteiger partial charge on any atom is -0.398 e. The van der Waals surface area contributed by atoms with Crippen LogP contribution in [0.5, 0.6) is 0 Å². The molecule has 1 aliphatic carbocycles. The Morgan fingerprint density at radius 1 is 1.35 bits per heavy atom. The zero-order valence-corrected chi connectivity index (χ0v) is 9.92. The Morgan fingerprint density at radius 3 is 3.12 bits per heavy atom. The maximum atomic E-state index is 6.61. The van der Waals surface area contributed by atoms with Crippen LogP contribution in [-0.4, -0.2) is 4.98 Å². The summed E-state index contributed by atoms with van der Waals surface area (Å²) in [5, 5.41) is 0.975. The Bertz CT molecular complexity index is 711. The van der Waals surface area contributed by atoms with Crippen LogP contribution in [0.15, 0.2) is 36.0 Å². The van der Waals surface area contributed by atoms with Crippen LogP contribution in [0.2, 0.25) is 0 Å². The van der Waals surface area contributed by atoms with Crippen LogP contribution in [0.1, 0.15) is 17.0 Å². The highest BCUT2D eigenvalue weighted by atomic mass is 32.1. The molecule has 1 aliphatic heterocycles. The van der Waals surface area contributed by atoms with Crippen molar-refractivity contribution in [1.29, 1.82) is 0 Å². The summed E-state index contributed by atoms with van der Waals surface area (Å²) >= 11 is 1.67. The van der Waals surface area contributed by atoms with Crippen LogP contribution in [0.4, 0.5) is 0 Å². The van der Waals surface area contributed by atoms with Gasteiger partial charge in [0.25, 0.3) is 0 Å². The lowest BCUT2D eigenvalue weighted by molar-refractivity contribution is 0.580. The standard InChI is InChI=1S/C13H11N3S/c14-8-4-2-6-13(15)7-3-1-5-9-11(7)16-12(17-9)10(8)13/h1-5H,6,14-15H2. The molecule has 0 radical (unpaired) electrons. The van der Waals surface area contributed by atoms with Crippen molar-refractivity contribution < 1.29 is 0 Å².